The van der Waals surface area contributed by atoms with E-state index in [1.807, 2.05) is 0 Å². The molecule has 70 heavy (non-hydrogen) atoms. The molecule has 2 aliphatic heterocycles. The molecule has 2 aromatic heterocycles. The van der Waals surface area contributed by atoms with Gasteiger partial charge in [-0.1, -0.05) is 146 Å². The van der Waals surface area contributed by atoms with Crippen LogP contribution in [0, 0.1) is 41.5 Å². The van der Waals surface area contributed by atoms with E-state index in [1.54, 1.807) is 10.4 Å². The molecule has 0 N–H and O–H groups in total. The van der Waals surface area contributed by atoms with Crippen molar-refractivity contribution in [1.82, 2.24) is 0 Å². The Bertz CT molecular complexity index is 4020. The van der Waals surface area contributed by atoms with Crippen LogP contribution >= 0.6 is 0 Å². The van der Waals surface area contributed by atoms with Crippen LogP contribution in [-0.2, 0) is 0 Å². The van der Waals surface area contributed by atoms with Crippen molar-refractivity contribution in [2.24, 2.45) is 0 Å². The van der Waals surface area contributed by atoms with E-state index in [0.29, 0.717) is 0 Å². The van der Waals surface area contributed by atoms with Crippen LogP contribution < -0.4 is 30.5 Å². The van der Waals surface area contributed by atoms with Crippen LogP contribution in [0.15, 0.2) is 167 Å². The molecule has 0 atom stereocenters. The van der Waals surface area contributed by atoms with Gasteiger partial charge in [-0.25, -0.2) is 0 Å². The lowest BCUT2D eigenvalue weighted by Gasteiger charge is -2.31. The first-order valence-electron chi connectivity index (χ1n) is 24.7. The summed E-state index contributed by atoms with van der Waals surface area (Å²) in [7, 11) is -4.98. The molecule has 11 aromatic rings. The van der Waals surface area contributed by atoms with Gasteiger partial charge in [-0.05, 0) is 151 Å². The van der Waals surface area contributed by atoms with Crippen molar-refractivity contribution in [1.29, 1.82) is 0 Å². The maximum atomic E-state index is 7.24. The van der Waals surface area contributed by atoms with E-state index in [1.165, 1.54) is 77.1 Å². The predicted molar refractivity (Wildman–Crippen MR) is 303 cm³/mol. The number of hydrogen-bond acceptors (Lipinski definition) is 4. The van der Waals surface area contributed by atoms with Crippen molar-refractivity contribution >= 4 is 115 Å². The largest absolute Gasteiger partial charge is 0.455 e. The van der Waals surface area contributed by atoms with Gasteiger partial charge in [-0.2, -0.15) is 0 Å². The van der Waals surface area contributed by atoms with Gasteiger partial charge in [-0.3, -0.25) is 0 Å². The molecule has 0 unspecified atom stereocenters. The third kappa shape index (κ3) is 5.99. The topological polar surface area (TPSA) is 32.8 Å². The molecule has 0 aliphatic carbocycles. The van der Waals surface area contributed by atoms with Crippen molar-refractivity contribution < 1.29 is 8.83 Å². The summed E-state index contributed by atoms with van der Waals surface area (Å²) in [4.78, 5) is 4.96. The molecule has 4 heterocycles. The first-order chi connectivity index (χ1) is 33.7. The van der Waals surface area contributed by atoms with Gasteiger partial charge in [0.15, 0.2) is 5.58 Å². The maximum absolute atomic E-state index is 7.24. The number of benzene rings is 9. The number of fused-ring (bicyclic) bond motifs is 15. The number of aryl methyl sites for hydroxylation is 6. The summed E-state index contributed by atoms with van der Waals surface area (Å²) < 4.78 is 14.4. The number of para-hydroxylation sites is 2. The van der Waals surface area contributed by atoms with Crippen molar-refractivity contribution in [3.63, 3.8) is 0 Å². The monoisotopic (exact) mass is 940 g/mol. The van der Waals surface area contributed by atoms with Gasteiger partial charge >= 0.3 is 0 Å². The standard InChI is InChI=1S/C64H56N2O2Si2/c1-37-19-25-43(26-20-37)65(49-31-23-39(3)33-41(49)5)51-35-56-59(62-57(51)45-15-11-13-17-53(45)68-62)48-30-29-47-58-55(69(7,8)63(47)64(48)70(56,9)10)36-52(61-60(58)46-16-12-14-18-54(46)67-61)66(44-27-21-38(2)22-28-44)50-32-24-40(4)34-42(50)6/h11-36H,1-10H3. The van der Waals surface area contributed by atoms with Crippen molar-refractivity contribution in [2.45, 2.75) is 67.7 Å². The zero-order chi connectivity index (χ0) is 48.1. The third-order valence-corrected chi connectivity index (χ3v) is 23.1. The highest BCUT2D eigenvalue weighted by Crippen LogP contribution is 2.51. The first-order valence-corrected chi connectivity index (χ1v) is 30.7. The van der Waals surface area contributed by atoms with Crippen LogP contribution in [0.1, 0.15) is 33.4 Å². The second kappa shape index (κ2) is 15.1. The van der Waals surface area contributed by atoms with Crippen molar-refractivity contribution in [2.75, 3.05) is 9.80 Å². The molecule has 0 fully saturated rings. The molecule has 2 aliphatic rings. The van der Waals surface area contributed by atoms with E-state index in [-0.39, 0.29) is 0 Å². The average Bonchev–Trinajstić information content (AvgIpc) is 4.04. The molecule has 0 radical (unpaired) electrons. The number of anilines is 6. The van der Waals surface area contributed by atoms with Crippen LogP contribution in [0.4, 0.5) is 34.1 Å². The quantitative estimate of drug-likeness (QED) is 0.156. The van der Waals surface area contributed by atoms with Gasteiger partial charge in [0.2, 0.25) is 0 Å². The minimum Gasteiger partial charge on any atom is -0.455 e. The van der Waals surface area contributed by atoms with E-state index in [0.717, 1.165) is 66.9 Å². The second-order valence-electron chi connectivity index (χ2n) is 21.3. The van der Waals surface area contributed by atoms with Crippen LogP contribution in [0.2, 0.25) is 26.2 Å². The second-order valence-corrected chi connectivity index (χ2v) is 29.9. The highest BCUT2D eigenvalue weighted by molar-refractivity contribution is 7.13. The summed E-state index contributed by atoms with van der Waals surface area (Å²) in [5.41, 5.74) is 23.3. The highest BCUT2D eigenvalue weighted by atomic mass is 28.3. The van der Waals surface area contributed by atoms with E-state index in [9.17, 15) is 0 Å². The summed E-state index contributed by atoms with van der Waals surface area (Å²) >= 11 is 0. The van der Waals surface area contributed by atoms with Gasteiger partial charge in [0.25, 0.3) is 0 Å². The summed E-state index contributed by atoms with van der Waals surface area (Å²) in [5.74, 6) is 0. The Morgan fingerprint density at radius 3 is 1.33 bits per heavy atom. The Morgan fingerprint density at radius 1 is 0.371 bits per heavy atom. The maximum Gasteiger partial charge on any atom is 0.160 e. The Hall–Kier alpha value is -7.39. The lowest BCUT2D eigenvalue weighted by atomic mass is 9.95. The molecular weight excluding hydrogens is 885 g/mol. The molecule has 4 nitrogen and oxygen atoms in total. The van der Waals surface area contributed by atoms with Gasteiger partial charge in [0.1, 0.15) is 32.9 Å². The lowest BCUT2D eigenvalue weighted by molar-refractivity contribution is 0.669. The molecule has 0 bridgehead atoms. The lowest BCUT2D eigenvalue weighted by Crippen LogP contribution is -2.63. The minimum absolute atomic E-state index is 0.912. The van der Waals surface area contributed by atoms with E-state index >= 15 is 0 Å². The van der Waals surface area contributed by atoms with Crippen molar-refractivity contribution in [3.8, 4) is 22.3 Å². The fourth-order valence-corrected chi connectivity index (χ4v) is 21.0. The molecular formula is C64H56N2O2Si2. The molecule has 9 aromatic carbocycles. The zero-order valence-corrected chi connectivity index (χ0v) is 43.7. The van der Waals surface area contributed by atoms with Crippen LogP contribution in [-0.4, -0.2) is 16.1 Å². The molecule has 6 heteroatoms. The summed E-state index contributed by atoms with van der Waals surface area (Å²) in [6.45, 7) is 23.6. The summed E-state index contributed by atoms with van der Waals surface area (Å²) in [6.07, 6.45) is 0. The highest BCUT2D eigenvalue weighted by Gasteiger charge is 2.50. The number of rotatable bonds is 6. The smallest absolute Gasteiger partial charge is 0.160 e. The van der Waals surface area contributed by atoms with E-state index in [2.05, 4.69) is 235 Å². The van der Waals surface area contributed by atoms with Crippen LogP contribution in [0.5, 0.6) is 0 Å². The molecule has 0 spiro atoms. The Balaban J connectivity index is 1.10. The van der Waals surface area contributed by atoms with Gasteiger partial charge < -0.3 is 18.6 Å². The average molecular weight is 941 g/mol. The predicted octanol–water partition coefficient (Wildman–Crippen LogP) is 15.9. The van der Waals surface area contributed by atoms with Crippen LogP contribution in [0.3, 0.4) is 0 Å². The summed E-state index contributed by atoms with van der Waals surface area (Å²) in [6, 6.07) is 59.0. The number of nitrogens with zero attached hydrogens (tertiary/aromatic N) is 2. The zero-order valence-electron chi connectivity index (χ0n) is 41.7. The van der Waals surface area contributed by atoms with E-state index in [4.69, 9.17) is 8.83 Å². The Morgan fingerprint density at radius 2 is 0.800 bits per heavy atom. The fourth-order valence-electron chi connectivity index (χ4n) is 12.5. The van der Waals surface area contributed by atoms with Gasteiger partial charge in [0.05, 0.1) is 16.8 Å². The SMILES string of the molecule is Cc1ccc(N(c2ccc(C)cc2C)c2cc3c(c4c2oc2ccccc24)-c2ccc4c(c2[Si]3(C)C)[Si](C)(C)c2cc(N(c3ccc(C)cc3)c3ccc(C)cc3C)c3c(oc5ccccc53)c2-4)cc1. The molecule has 342 valence electrons. The van der Waals surface area contributed by atoms with E-state index < -0.39 is 16.1 Å². The summed E-state index contributed by atoms with van der Waals surface area (Å²) in [5, 5.41) is 10.7. The fraction of sp³-hybridized carbons (Fsp3) is 0.156. The number of hydrogen-bond donors (Lipinski definition) is 0. The molecule has 0 saturated heterocycles. The Kier molecular flexibility index (Phi) is 9.18. The van der Waals surface area contributed by atoms with Crippen molar-refractivity contribution in [3.05, 3.63) is 191 Å². The van der Waals surface area contributed by atoms with Gasteiger partial charge in [-0.15, -0.1) is 0 Å². The Labute approximate surface area is 412 Å². The van der Waals surface area contributed by atoms with Gasteiger partial charge in [0, 0.05) is 44.5 Å². The molecule has 0 saturated carbocycles. The molecule has 0 amide bonds. The third-order valence-electron chi connectivity index (χ3n) is 15.9. The normalized spacial score (nSPS) is 14.1. The number of furan rings is 2. The minimum atomic E-state index is -2.49. The van der Waals surface area contributed by atoms with Crippen LogP contribution in [0.25, 0.3) is 66.1 Å². The first kappa shape index (κ1) is 42.7. The molecule has 13 rings (SSSR count).